The molecular weight excluding hydrogens is 168 g/mol. The van der Waals surface area contributed by atoms with E-state index in [2.05, 4.69) is 11.6 Å². The third-order valence-corrected chi connectivity index (χ3v) is 1.24. The highest BCUT2D eigenvalue weighted by molar-refractivity contribution is 5.91. The van der Waals surface area contributed by atoms with E-state index in [1.165, 1.54) is 6.08 Å². The van der Waals surface area contributed by atoms with Crippen molar-refractivity contribution >= 4 is 5.84 Å². The first-order valence-corrected chi connectivity index (χ1v) is 3.97. The number of aliphatic imine (C=N–C) groups is 1. The zero-order valence-electron chi connectivity index (χ0n) is 8.03. The number of hydrogen-bond donors (Lipinski definition) is 2. The second-order valence-corrected chi connectivity index (χ2v) is 2.56. The van der Waals surface area contributed by atoms with Gasteiger partial charge in [0.25, 0.3) is 0 Å². The molecule has 0 spiro atoms. The Morgan fingerprint density at radius 2 is 2.38 bits per heavy atom. The molecule has 0 fully saturated rings. The fraction of sp³-hybridized carbons (Fsp3) is 0.444. The van der Waals surface area contributed by atoms with Gasteiger partial charge in [-0.1, -0.05) is 6.58 Å². The minimum atomic E-state index is -0.511. The Bertz CT molecular complexity index is 220. The average molecular weight is 184 g/mol. The minimum Gasteiger partial charge on any atom is -0.491 e. The molecule has 0 aliphatic heterocycles. The average Bonchev–Trinajstić information content (AvgIpc) is 2.11. The van der Waals surface area contributed by atoms with Crippen LogP contribution in [0.25, 0.3) is 0 Å². The molecule has 0 heterocycles. The number of allylic oxidation sites excluding steroid dienone is 1. The fourth-order valence-electron chi connectivity index (χ4n) is 0.587. The van der Waals surface area contributed by atoms with Crippen LogP contribution in [0, 0.1) is 0 Å². The number of ether oxygens (including phenoxy) is 1. The number of nitrogens with zero attached hydrogens (tertiary/aromatic N) is 1. The van der Waals surface area contributed by atoms with Crippen LogP contribution in [0.3, 0.4) is 0 Å². The zero-order valence-corrected chi connectivity index (χ0v) is 8.03. The van der Waals surface area contributed by atoms with Gasteiger partial charge in [-0.3, -0.25) is 4.99 Å². The lowest BCUT2D eigenvalue weighted by atomic mass is 10.4. The molecule has 0 saturated carbocycles. The first kappa shape index (κ1) is 11.7. The van der Waals surface area contributed by atoms with E-state index in [-0.39, 0.29) is 6.61 Å². The maximum atomic E-state index is 8.94. The first-order chi connectivity index (χ1) is 6.10. The molecule has 4 heteroatoms. The maximum absolute atomic E-state index is 8.94. The molecule has 0 aromatic rings. The van der Waals surface area contributed by atoms with Crippen molar-refractivity contribution in [1.29, 1.82) is 0 Å². The van der Waals surface area contributed by atoms with Crippen molar-refractivity contribution in [3.05, 3.63) is 24.5 Å². The Morgan fingerprint density at radius 3 is 2.77 bits per heavy atom. The monoisotopic (exact) mass is 184 g/mol. The van der Waals surface area contributed by atoms with E-state index in [4.69, 9.17) is 15.6 Å². The van der Waals surface area contributed by atoms with E-state index < -0.39 is 6.10 Å². The Balaban J connectivity index is 4.18. The third-order valence-electron chi connectivity index (χ3n) is 1.24. The van der Waals surface area contributed by atoms with Crippen LogP contribution in [0.1, 0.15) is 6.92 Å². The van der Waals surface area contributed by atoms with Crippen LogP contribution in [0.2, 0.25) is 0 Å². The van der Waals surface area contributed by atoms with Gasteiger partial charge >= 0.3 is 0 Å². The standard InChI is InChI=1S/C9H16N2O2/c1-4-8(5-9(10)11-3)13-6-7(2)12/h4-5,7,12H,1,6H2,2-3H3,(H2,10,11)/b8-5+. The summed E-state index contributed by atoms with van der Waals surface area (Å²) in [5.74, 6) is 0.865. The van der Waals surface area contributed by atoms with Gasteiger partial charge in [-0.25, -0.2) is 0 Å². The van der Waals surface area contributed by atoms with Crippen LogP contribution in [-0.4, -0.2) is 30.7 Å². The van der Waals surface area contributed by atoms with Crippen LogP contribution in [0.5, 0.6) is 0 Å². The first-order valence-electron chi connectivity index (χ1n) is 3.97. The van der Waals surface area contributed by atoms with Crippen LogP contribution in [0.15, 0.2) is 29.5 Å². The third kappa shape index (κ3) is 5.93. The highest BCUT2D eigenvalue weighted by Crippen LogP contribution is 1.99. The molecule has 74 valence electrons. The van der Waals surface area contributed by atoms with E-state index in [1.807, 2.05) is 0 Å². The van der Waals surface area contributed by atoms with Crippen molar-refractivity contribution in [1.82, 2.24) is 0 Å². The predicted molar refractivity (Wildman–Crippen MR) is 53.5 cm³/mol. The largest absolute Gasteiger partial charge is 0.491 e. The summed E-state index contributed by atoms with van der Waals surface area (Å²) in [5.41, 5.74) is 5.44. The summed E-state index contributed by atoms with van der Waals surface area (Å²) in [6.45, 7) is 5.39. The summed E-state index contributed by atoms with van der Waals surface area (Å²) in [6, 6.07) is 0. The summed E-state index contributed by atoms with van der Waals surface area (Å²) >= 11 is 0. The van der Waals surface area contributed by atoms with Gasteiger partial charge in [-0.2, -0.15) is 0 Å². The van der Waals surface area contributed by atoms with Crippen molar-refractivity contribution < 1.29 is 9.84 Å². The lowest BCUT2D eigenvalue weighted by molar-refractivity contribution is 0.0885. The van der Waals surface area contributed by atoms with E-state index >= 15 is 0 Å². The molecule has 0 aromatic heterocycles. The predicted octanol–water partition coefficient (Wildman–Crippen LogP) is 0.441. The van der Waals surface area contributed by atoms with Crippen molar-refractivity contribution in [3.8, 4) is 0 Å². The van der Waals surface area contributed by atoms with Gasteiger partial charge in [0.05, 0.1) is 6.10 Å². The second kappa shape index (κ2) is 6.25. The molecule has 4 nitrogen and oxygen atoms in total. The van der Waals surface area contributed by atoms with Crippen molar-refractivity contribution in [2.45, 2.75) is 13.0 Å². The Morgan fingerprint density at radius 1 is 1.77 bits per heavy atom. The molecule has 1 unspecified atom stereocenters. The van der Waals surface area contributed by atoms with Crippen LogP contribution in [0.4, 0.5) is 0 Å². The maximum Gasteiger partial charge on any atom is 0.122 e. The quantitative estimate of drug-likeness (QED) is 0.282. The number of rotatable bonds is 5. The molecule has 1 atom stereocenters. The smallest absolute Gasteiger partial charge is 0.122 e. The van der Waals surface area contributed by atoms with Crippen LogP contribution in [-0.2, 0) is 4.74 Å². The van der Waals surface area contributed by atoms with Crippen molar-refractivity contribution in [2.24, 2.45) is 10.7 Å². The number of aliphatic hydroxyl groups excluding tert-OH is 1. The molecule has 0 radical (unpaired) electrons. The molecule has 13 heavy (non-hydrogen) atoms. The lowest BCUT2D eigenvalue weighted by Gasteiger charge is -2.08. The van der Waals surface area contributed by atoms with Crippen LogP contribution >= 0.6 is 0 Å². The van der Waals surface area contributed by atoms with E-state index in [0.29, 0.717) is 11.6 Å². The van der Waals surface area contributed by atoms with Gasteiger partial charge in [0.1, 0.15) is 18.2 Å². The number of aliphatic hydroxyl groups is 1. The topological polar surface area (TPSA) is 67.8 Å². The van der Waals surface area contributed by atoms with Gasteiger partial charge in [0.15, 0.2) is 0 Å². The van der Waals surface area contributed by atoms with Gasteiger partial charge < -0.3 is 15.6 Å². The Hall–Kier alpha value is -1.29. The summed E-state index contributed by atoms with van der Waals surface area (Å²) < 4.78 is 5.16. The van der Waals surface area contributed by atoms with E-state index in [1.54, 1.807) is 20.0 Å². The van der Waals surface area contributed by atoms with Crippen molar-refractivity contribution in [3.63, 3.8) is 0 Å². The van der Waals surface area contributed by atoms with Gasteiger partial charge in [0.2, 0.25) is 0 Å². The molecule has 3 N–H and O–H groups in total. The summed E-state index contributed by atoms with van der Waals surface area (Å²) in [7, 11) is 1.58. The van der Waals surface area contributed by atoms with Crippen LogP contribution < -0.4 is 5.73 Å². The van der Waals surface area contributed by atoms with Crippen molar-refractivity contribution in [2.75, 3.05) is 13.7 Å². The molecule has 0 aliphatic rings. The molecule has 0 aromatic carbocycles. The zero-order chi connectivity index (χ0) is 10.3. The Labute approximate surface area is 78.4 Å². The molecule has 0 bridgehead atoms. The lowest BCUT2D eigenvalue weighted by Crippen LogP contribution is -2.12. The van der Waals surface area contributed by atoms with E-state index in [9.17, 15) is 0 Å². The van der Waals surface area contributed by atoms with Gasteiger partial charge in [0, 0.05) is 13.1 Å². The normalized spacial score (nSPS) is 15.3. The molecule has 0 aliphatic carbocycles. The summed E-state index contributed by atoms with van der Waals surface area (Å²) in [4.78, 5) is 3.73. The minimum absolute atomic E-state index is 0.217. The Kier molecular flexibility index (Phi) is 5.63. The molecule has 0 saturated heterocycles. The second-order valence-electron chi connectivity index (χ2n) is 2.56. The van der Waals surface area contributed by atoms with Gasteiger partial charge in [-0.05, 0) is 13.0 Å². The van der Waals surface area contributed by atoms with Gasteiger partial charge in [-0.15, -0.1) is 0 Å². The van der Waals surface area contributed by atoms with E-state index in [0.717, 1.165) is 0 Å². The molecule has 0 amide bonds. The number of amidine groups is 1. The number of nitrogens with two attached hydrogens (primary N) is 1. The summed E-state index contributed by atoms with van der Waals surface area (Å²) in [6.07, 6.45) is 2.55. The number of hydrogen-bond acceptors (Lipinski definition) is 3. The highest BCUT2D eigenvalue weighted by atomic mass is 16.5. The molecule has 0 rings (SSSR count). The highest BCUT2D eigenvalue weighted by Gasteiger charge is 1.98. The SMILES string of the molecule is C=C/C(=C\C(N)=NC)OCC(C)O. The fourth-order valence-corrected chi connectivity index (χ4v) is 0.587. The summed E-state index contributed by atoms with van der Waals surface area (Å²) in [5, 5.41) is 8.94. The molecular formula is C9H16N2O2.